The lowest BCUT2D eigenvalue weighted by molar-refractivity contribution is 0.101. The Balaban J connectivity index is 3.36. The topological polar surface area (TPSA) is 47.3 Å². The van der Waals surface area contributed by atoms with Crippen molar-refractivity contribution in [3.8, 4) is 0 Å². The quantitative estimate of drug-likeness (QED) is 0.589. The third-order valence-electron chi connectivity index (χ3n) is 1.81. The molecule has 0 aliphatic rings. The third-order valence-corrected chi connectivity index (χ3v) is 2.96. The van der Waals surface area contributed by atoms with Crippen molar-refractivity contribution in [1.82, 2.24) is 0 Å². The number of rotatable bonds is 2. The summed E-state index contributed by atoms with van der Waals surface area (Å²) in [7, 11) is 0. The molecule has 0 spiro atoms. The molecule has 4 heteroatoms. The predicted molar refractivity (Wildman–Crippen MR) is 65.3 cm³/mol. The summed E-state index contributed by atoms with van der Waals surface area (Å²) in [5.74, 6) is 0.280. The third kappa shape index (κ3) is 3.23. The van der Waals surface area contributed by atoms with Crippen molar-refractivity contribution in [2.75, 3.05) is 0 Å². The van der Waals surface area contributed by atoms with E-state index in [1.54, 1.807) is 13.0 Å². The fourth-order valence-corrected chi connectivity index (χ4v) is 2.53. The van der Waals surface area contributed by atoms with Crippen LogP contribution in [-0.4, -0.2) is 10.5 Å². The normalized spacial score (nSPS) is 11.6. The Kier molecular flexibility index (Phi) is 3.63. The molecule has 0 unspecified atom stereocenters. The van der Waals surface area contributed by atoms with Crippen LogP contribution >= 0.6 is 11.8 Å². The van der Waals surface area contributed by atoms with Crippen LogP contribution in [0.2, 0.25) is 0 Å². The standard InChI is InChI=1S/C12H16O3S/c1-7-6-9(16-12(3,4)5)10(8(2)13)11(14)15-7/h6H,1-5H3. The van der Waals surface area contributed by atoms with Gasteiger partial charge in [0.05, 0.1) is 0 Å². The van der Waals surface area contributed by atoms with Gasteiger partial charge in [-0.25, -0.2) is 4.79 Å². The number of Topliss-reactive ketones (excluding diaryl/α,β-unsaturated/α-hetero) is 1. The highest BCUT2D eigenvalue weighted by molar-refractivity contribution is 8.00. The molecule has 0 saturated heterocycles. The van der Waals surface area contributed by atoms with Crippen LogP contribution in [0.4, 0.5) is 0 Å². The van der Waals surface area contributed by atoms with E-state index < -0.39 is 5.63 Å². The van der Waals surface area contributed by atoms with Gasteiger partial charge in [-0.2, -0.15) is 0 Å². The summed E-state index contributed by atoms with van der Waals surface area (Å²) in [5, 5.41) is 0. The van der Waals surface area contributed by atoms with Gasteiger partial charge in [0.25, 0.3) is 0 Å². The first-order valence-corrected chi connectivity index (χ1v) is 5.87. The largest absolute Gasteiger partial charge is 0.428 e. The first-order chi connectivity index (χ1) is 7.20. The highest BCUT2D eigenvalue weighted by Gasteiger charge is 2.20. The molecular formula is C12H16O3S. The van der Waals surface area contributed by atoms with Crippen LogP contribution in [0.25, 0.3) is 0 Å². The van der Waals surface area contributed by atoms with Crippen LogP contribution in [0.15, 0.2) is 20.2 Å². The van der Waals surface area contributed by atoms with Crippen molar-refractivity contribution in [3.05, 3.63) is 27.8 Å². The second kappa shape index (κ2) is 4.45. The minimum atomic E-state index is -0.542. The van der Waals surface area contributed by atoms with Gasteiger partial charge < -0.3 is 4.42 Å². The zero-order valence-corrected chi connectivity index (χ0v) is 11.0. The molecule has 0 aliphatic heterocycles. The average Bonchev–Trinajstić information content (AvgIpc) is 1.96. The van der Waals surface area contributed by atoms with E-state index in [1.807, 2.05) is 20.8 Å². The van der Waals surface area contributed by atoms with Crippen LogP contribution in [0.3, 0.4) is 0 Å². The lowest BCUT2D eigenvalue weighted by Crippen LogP contribution is -2.16. The fourth-order valence-electron chi connectivity index (χ4n) is 1.31. The van der Waals surface area contributed by atoms with Gasteiger partial charge in [0.1, 0.15) is 11.3 Å². The highest BCUT2D eigenvalue weighted by Crippen LogP contribution is 2.33. The van der Waals surface area contributed by atoms with Crippen LogP contribution in [-0.2, 0) is 0 Å². The van der Waals surface area contributed by atoms with Gasteiger partial charge in [-0.15, -0.1) is 11.8 Å². The zero-order chi connectivity index (χ0) is 12.5. The second-order valence-corrected chi connectivity index (χ2v) is 6.52. The number of thioether (sulfide) groups is 1. The van der Waals surface area contributed by atoms with Crippen molar-refractivity contribution in [2.24, 2.45) is 0 Å². The molecule has 0 saturated carbocycles. The Labute approximate surface area is 99.2 Å². The van der Waals surface area contributed by atoms with Gasteiger partial charge in [0.15, 0.2) is 5.78 Å². The van der Waals surface area contributed by atoms with Crippen LogP contribution in [0.1, 0.15) is 43.8 Å². The van der Waals surface area contributed by atoms with Gasteiger partial charge in [-0.1, -0.05) is 20.8 Å². The minimum Gasteiger partial charge on any atom is -0.428 e. The summed E-state index contributed by atoms with van der Waals surface area (Å²) in [6.07, 6.45) is 0. The smallest absolute Gasteiger partial charge is 0.347 e. The van der Waals surface area contributed by atoms with Gasteiger partial charge in [-0.05, 0) is 19.9 Å². The molecule has 88 valence electrons. The van der Waals surface area contributed by atoms with E-state index in [2.05, 4.69) is 0 Å². The Morgan fingerprint density at radius 3 is 2.38 bits per heavy atom. The molecular weight excluding hydrogens is 224 g/mol. The number of carbonyl (C=O) groups is 1. The Morgan fingerprint density at radius 1 is 1.38 bits per heavy atom. The molecule has 0 fully saturated rings. The molecule has 16 heavy (non-hydrogen) atoms. The van der Waals surface area contributed by atoms with Gasteiger partial charge >= 0.3 is 5.63 Å². The number of aryl methyl sites for hydroxylation is 1. The maximum atomic E-state index is 11.6. The predicted octanol–water partition coefficient (Wildman–Crippen LogP) is 3.04. The monoisotopic (exact) mass is 240 g/mol. The maximum Gasteiger partial charge on any atom is 0.347 e. The number of hydrogen-bond acceptors (Lipinski definition) is 4. The molecule has 0 atom stereocenters. The molecule has 3 nitrogen and oxygen atoms in total. The first-order valence-electron chi connectivity index (χ1n) is 5.05. The molecule has 1 aromatic heterocycles. The minimum absolute atomic E-state index is 0.0512. The van der Waals surface area contributed by atoms with Gasteiger partial charge in [0, 0.05) is 9.64 Å². The summed E-state index contributed by atoms with van der Waals surface area (Å²) >= 11 is 1.50. The number of hydrogen-bond donors (Lipinski definition) is 0. The van der Waals surface area contributed by atoms with Crippen molar-refractivity contribution in [1.29, 1.82) is 0 Å². The highest BCUT2D eigenvalue weighted by atomic mass is 32.2. The SMILES string of the molecule is CC(=O)c1c(SC(C)(C)C)cc(C)oc1=O. The van der Waals surface area contributed by atoms with E-state index >= 15 is 0 Å². The summed E-state index contributed by atoms with van der Waals surface area (Å²) in [5.41, 5.74) is -0.384. The molecule has 1 rings (SSSR count). The lowest BCUT2D eigenvalue weighted by atomic mass is 10.2. The maximum absolute atomic E-state index is 11.6. The van der Waals surface area contributed by atoms with Gasteiger partial charge in [-0.3, -0.25) is 4.79 Å². The molecule has 0 bridgehead atoms. The first kappa shape index (κ1) is 13.0. The van der Waals surface area contributed by atoms with E-state index in [9.17, 15) is 9.59 Å². The summed E-state index contributed by atoms with van der Waals surface area (Å²) in [6.45, 7) is 9.19. The molecule has 0 aliphatic carbocycles. The molecule has 0 radical (unpaired) electrons. The van der Waals surface area contributed by atoms with Crippen LogP contribution in [0.5, 0.6) is 0 Å². The van der Waals surface area contributed by atoms with E-state index in [4.69, 9.17) is 4.42 Å². The van der Waals surface area contributed by atoms with Crippen LogP contribution in [0, 0.1) is 6.92 Å². The van der Waals surface area contributed by atoms with E-state index in [1.165, 1.54) is 18.7 Å². The molecule has 0 aromatic carbocycles. The van der Waals surface area contributed by atoms with E-state index in [0.717, 1.165) is 0 Å². The van der Waals surface area contributed by atoms with Crippen molar-refractivity contribution in [2.45, 2.75) is 44.3 Å². The van der Waals surface area contributed by atoms with E-state index in [-0.39, 0.29) is 16.1 Å². The lowest BCUT2D eigenvalue weighted by Gasteiger charge is -2.18. The van der Waals surface area contributed by atoms with Crippen molar-refractivity contribution in [3.63, 3.8) is 0 Å². The number of carbonyl (C=O) groups excluding carboxylic acids is 1. The summed E-state index contributed by atoms with van der Waals surface area (Å²) in [4.78, 5) is 23.7. The Hall–Kier alpha value is -1.03. The number of ketones is 1. The molecule has 1 aromatic rings. The Bertz CT molecular complexity index is 466. The summed E-state index contributed by atoms with van der Waals surface area (Å²) < 4.78 is 4.88. The molecule has 0 amide bonds. The second-order valence-electron chi connectivity index (χ2n) is 4.65. The zero-order valence-electron chi connectivity index (χ0n) is 10.2. The summed E-state index contributed by atoms with van der Waals surface area (Å²) in [6, 6.07) is 1.74. The average molecular weight is 240 g/mol. The van der Waals surface area contributed by atoms with E-state index in [0.29, 0.717) is 10.7 Å². The fraction of sp³-hybridized carbons (Fsp3) is 0.500. The van der Waals surface area contributed by atoms with Crippen LogP contribution < -0.4 is 5.63 Å². The van der Waals surface area contributed by atoms with Gasteiger partial charge in [0.2, 0.25) is 0 Å². The molecule has 0 N–H and O–H groups in total. The van der Waals surface area contributed by atoms with Crippen molar-refractivity contribution >= 4 is 17.5 Å². The Morgan fingerprint density at radius 2 is 1.94 bits per heavy atom. The van der Waals surface area contributed by atoms with Crippen molar-refractivity contribution < 1.29 is 9.21 Å². The molecule has 1 heterocycles.